The van der Waals surface area contributed by atoms with Crippen molar-refractivity contribution in [2.45, 2.75) is 19.8 Å². The Morgan fingerprint density at radius 1 is 1.19 bits per heavy atom. The average molecular weight is 363 g/mol. The van der Waals surface area contributed by atoms with Crippen molar-refractivity contribution in [3.05, 3.63) is 41.9 Å². The monoisotopic (exact) mass is 363 g/mol. The van der Waals surface area contributed by atoms with E-state index in [1.807, 2.05) is 6.07 Å². The summed E-state index contributed by atoms with van der Waals surface area (Å²) in [6.45, 7) is 1.79. The molecule has 0 atom stereocenters. The van der Waals surface area contributed by atoms with Crippen LogP contribution in [0.2, 0.25) is 0 Å². The van der Waals surface area contributed by atoms with Gasteiger partial charge in [0.2, 0.25) is 5.91 Å². The van der Waals surface area contributed by atoms with Gasteiger partial charge in [-0.3, -0.25) is 4.79 Å². The van der Waals surface area contributed by atoms with Crippen LogP contribution in [0, 0.1) is 12.8 Å². The Hall–Kier alpha value is -3.55. The second kappa shape index (κ2) is 6.31. The fourth-order valence-electron chi connectivity index (χ4n) is 2.90. The number of amides is 1. The molecule has 0 bridgehead atoms. The van der Waals surface area contributed by atoms with Gasteiger partial charge in [0.25, 0.3) is 0 Å². The minimum Gasteiger partial charge on any atom is -0.477 e. The van der Waals surface area contributed by atoms with E-state index >= 15 is 0 Å². The van der Waals surface area contributed by atoms with Crippen molar-refractivity contribution in [3.8, 4) is 11.3 Å². The van der Waals surface area contributed by atoms with Crippen LogP contribution in [0.25, 0.3) is 22.0 Å². The molecule has 1 saturated carbocycles. The number of aromatic carboxylic acids is 1. The topological polar surface area (TPSA) is 131 Å². The zero-order chi connectivity index (χ0) is 19.1. The zero-order valence-corrected chi connectivity index (χ0v) is 14.6. The summed E-state index contributed by atoms with van der Waals surface area (Å²) in [7, 11) is 0. The Labute approximate surface area is 154 Å². The molecule has 0 spiro atoms. The molecule has 3 aromatic rings. The zero-order valence-electron chi connectivity index (χ0n) is 14.6. The van der Waals surface area contributed by atoms with Gasteiger partial charge in [0, 0.05) is 29.3 Å². The van der Waals surface area contributed by atoms with Crippen LogP contribution in [0.3, 0.4) is 0 Å². The predicted molar refractivity (Wildman–Crippen MR) is 100 cm³/mol. The van der Waals surface area contributed by atoms with Crippen LogP contribution >= 0.6 is 0 Å². The number of rotatable bonds is 4. The molecule has 0 unspecified atom stereocenters. The lowest BCUT2D eigenvalue weighted by Crippen LogP contribution is -2.14. The standard InChI is InChI=1S/C19H17N5O3/c1-9-4-15(19(26)27)21-7-12(9)14-5-11-6-16(24-18(25)10-2-3-10)22-8-13(11)17(20)23-14/h4-8,10H,2-3H2,1H3,(H2,20,23)(H,26,27)(H,22,24,25). The number of nitrogens with zero attached hydrogens (tertiary/aromatic N) is 3. The minimum absolute atomic E-state index is 0.0200. The second-order valence-electron chi connectivity index (χ2n) is 6.64. The van der Waals surface area contributed by atoms with Crippen LogP contribution in [-0.4, -0.2) is 31.9 Å². The summed E-state index contributed by atoms with van der Waals surface area (Å²) in [5.74, 6) is -0.253. The van der Waals surface area contributed by atoms with E-state index in [1.54, 1.807) is 19.2 Å². The van der Waals surface area contributed by atoms with Crippen LogP contribution in [0.5, 0.6) is 0 Å². The first-order chi connectivity index (χ1) is 12.9. The van der Waals surface area contributed by atoms with Gasteiger partial charge in [-0.05, 0) is 48.9 Å². The number of hydrogen-bond donors (Lipinski definition) is 3. The SMILES string of the molecule is Cc1cc(C(=O)O)ncc1-c1cc2cc(NC(=O)C3CC3)ncc2c(N)n1. The molecule has 1 amide bonds. The molecular formula is C19H17N5O3. The van der Waals surface area contributed by atoms with Crippen LogP contribution in [-0.2, 0) is 4.79 Å². The first-order valence-electron chi connectivity index (χ1n) is 8.50. The maximum Gasteiger partial charge on any atom is 0.354 e. The van der Waals surface area contributed by atoms with Gasteiger partial charge in [-0.25, -0.2) is 19.7 Å². The number of hydrogen-bond acceptors (Lipinski definition) is 6. The number of aryl methyl sites for hydroxylation is 1. The molecule has 4 N–H and O–H groups in total. The summed E-state index contributed by atoms with van der Waals surface area (Å²) >= 11 is 0. The fraction of sp³-hybridized carbons (Fsp3) is 0.211. The number of pyridine rings is 3. The Morgan fingerprint density at radius 3 is 2.63 bits per heavy atom. The van der Waals surface area contributed by atoms with E-state index in [4.69, 9.17) is 10.8 Å². The van der Waals surface area contributed by atoms with Crippen molar-refractivity contribution in [1.82, 2.24) is 15.0 Å². The van der Waals surface area contributed by atoms with Crippen molar-refractivity contribution >= 4 is 34.3 Å². The summed E-state index contributed by atoms with van der Waals surface area (Å²) in [4.78, 5) is 35.6. The highest BCUT2D eigenvalue weighted by molar-refractivity contribution is 5.98. The number of carbonyl (C=O) groups is 2. The molecule has 0 aliphatic heterocycles. The number of aromatic nitrogens is 3. The van der Waals surface area contributed by atoms with Crippen molar-refractivity contribution in [2.75, 3.05) is 11.1 Å². The molecule has 1 aliphatic rings. The number of carboxylic acids is 1. The molecule has 1 aliphatic carbocycles. The van der Waals surface area contributed by atoms with Crippen LogP contribution < -0.4 is 11.1 Å². The lowest BCUT2D eigenvalue weighted by molar-refractivity contribution is -0.117. The van der Waals surface area contributed by atoms with Gasteiger partial charge in [0.05, 0.1) is 5.69 Å². The van der Waals surface area contributed by atoms with E-state index in [9.17, 15) is 9.59 Å². The molecular weight excluding hydrogens is 346 g/mol. The molecule has 0 radical (unpaired) electrons. The Kier molecular flexibility index (Phi) is 3.95. The maximum absolute atomic E-state index is 12.0. The largest absolute Gasteiger partial charge is 0.477 e. The summed E-state index contributed by atoms with van der Waals surface area (Å²) in [6.07, 6.45) is 4.89. The van der Waals surface area contributed by atoms with E-state index < -0.39 is 5.97 Å². The minimum atomic E-state index is -1.09. The first kappa shape index (κ1) is 16.9. The van der Waals surface area contributed by atoms with Crippen molar-refractivity contribution in [3.63, 3.8) is 0 Å². The molecule has 136 valence electrons. The number of nitrogens with two attached hydrogens (primary N) is 1. The summed E-state index contributed by atoms with van der Waals surface area (Å²) in [5, 5.41) is 13.3. The van der Waals surface area contributed by atoms with E-state index in [1.165, 1.54) is 12.3 Å². The summed E-state index contributed by atoms with van der Waals surface area (Å²) in [5.41, 5.74) is 8.04. The lowest BCUT2D eigenvalue weighted by Gasteiger charge is -2.10. The quantitative estimate of drug-likeness (QED) is 0.649. The first-order valence-corrected chi connectivity index (χ1v) is 8.50. The average Bonchev–Trinajstić information content (AvgIpc) is 3.46. The predicted octanol–water partition coefficient (Wildman–Crippen LogP) is 2.63. The van der Waals surface area contributed by atoms with Crippen LogP contribution in [0.4, 0.5) is 11.6 Å². The van der Waals surface area contributed by atoms with Gasteiger partial charge in [0.15, 0.2) is 0 Å². The molecule has 0 aromatic carbocycles. The molecule has 3 heterocycles. The van der Waals surface area contributed by atoms with Gasteiger partial charge < -0.3 is 16.2 Å². The van der Waals surface area contributed by atoms with Gasteiger partial charge in [-0.2, -0.15) is 0 Å². The summed E-state index contributed by atoms with van der Waals surface area (Å²) < 4.78 is 0. The van der Waals surface area contributed by atoms with E-state index in [0.717, 1.165) is 23.8 Å². The number of anilines is 2. The number of fused-ring (bicyclic) bond motifs is 1. The van der Waals surface area contributed by atoms with E-state index in [0.29, 0.717) is 28.3 Å². The highest BCUT2D eigenvalue weighted by atomic mass is 16.4. The number of carbonyl (C=O) groups excluding carboxylic acids is 1. The summed E-state index contributed by atoms with van der Waals surface area (Å²) in [6, 6.07) is 5.07. The third-order valence-electron chi connectivity index (χ3n) is 4.55. The number of carboxylic acid groups (broad SMARTS) is 1. The molecule has 3 aromatic heterocycles. The Bertz CT molecular complexity index is 1090. The van der Waals surface area contributed by atoms with Gasteiger partial charge in [-0.1, -0.05) is 0 Å². The lowest BCUT2D eigenvalue weighted by atomic mass is 10.0. The molecule has 8 heteroatoms. The highest BCUT2D eigenvalue weighted by Gasteiger charge is 2.29. The highest BCUT2D eigenvalue weighted by Crippen LogP contribution is 2.31. The van der Waals surface area contributed by atoms with Crippen LogP contribution in [0.15, 0.2) is 30.6 Å². The van der Waals surface area contributed by atoms with Gasteiger partial charge in [0.1, 0.15) is 17.3 Å². The van der Waals surface area contributed by atoms with E-state index in [-0.39, 0.29) is 17.5 Å². The Balaban J connectivity index is 1.75. The van der Waals surface area contributed by atoms with Crippen molar-refractivity contribution in [2.24, 2.45) is 5.92 Å². The fourth-order valence-corrected chi connectivity index (χ4v) is 2.90. The third kappa shape index (κ3) is 3.29. The smallest absolute Gasteiger partial charge is 0.354 e. The molecule has 1 fully saturated rings. The maximum atomic E-state index is 12.0. The number of nitrogen functional groups attached to an aromatic ring is 1. The van der Waals surface area contributed by atoms with Crippen molar-refractivity contribution < 1.29 is 14.7 Å². The second-order valence-corrected chi connectivity index (χ2v) is 6.64. The normalized spacial score (nSPS) is 13.5. The molecule has 27 heavy (non-hydrogen) atoms. The third-order valence-corrected chi connectivity index (χ3v) is 4.55. The van der Waals surface area contributed by atoms with Crippen molar-refractivity contribution in [1.29, 1.82) is 0 Å². The molecule has 0 saturated heterocycles. The van der Waals surface area contributed by atoms with E-state index in [2.05, 4.69) is 20.3 Å². The Morgan fingerprint density at radius 2 is 1.96 bits per heavy atom. The van der Waals surface area contributed by atoms with Gasteiger partial charge in [-0.15, -0.1) is 0 Å². The van der Waals surface area contributed by atoms with Crippen LogP contribution in [0.1, 0.15) is 28.9 Å². The molecule has 8 nitrogen and oxygen atoms in total. The number of nitrogens with one attached hydrogen (secondary N) is 1. The van der Waals surface area contributed by atoms with Gasteiger partial charge >= 0.3 is 5.97 Å². The molecule has 4 rings (SSSR count).